The summed E-state index contributed by atoms with van der Waals surface area (Å²) in [4.78, 5) is 25.0. The highest BCUT2D eigenvalue weighted by molar-refractivity contribution is 5.91. The molecule has 1 aliphatic heterocycles. The molecule has 2 aromatic rings. The van der Waals surface area contributed by atoms with Crippen LogP contribution in [0.3, 0.4) is 0 Å². The van der Waals surface area contributed by atoms with Gasteiger partial charge in [-0.3, -0.25) is 0 Å². The molecule has 7 heteroatoms. The molecule has 2 heterocycles. The molecule has 1 N–H and O–H groups in total. The van der Waals surface area contributed by atoms with Gasteiger partial charge in [0, 0.05) is 37.9 Å². The van der Waals surface area contributed by atoms with Gasteiger partial charge in [0.15, 0.2) is 0 Å². The maximum atomic E-state index is 12.6. The zero-order valence-corrected chi connectivity index (χ0v) is 14.8. The second-order valence-corrected chi connectivity index (χ2v) is 6.13. The maximum Gasteiger partial charge on any atom is 0.322 e. The Balaban J connectivity index is 1.61. The van der Waals surface area contributed by atoms with Crippen LogP contribution in [0.2, 0.25) is 0 Å². The van der Waals surface area contributed by atoms with Crippen molar-refractivity contribution in [2.45, 2.75) is 13.8 Å². The molecule has 132 valence electrons. The minimum atomic E-state index is -0.109. The van der Waals surface area contributed by atoms with Crippen molar-refractivity contribution < 1.29 is 9.53 Å². The summed E-state index contributed by atoms with van der Waals surface area (Å²) in [5.41, 5.74) is 2.71. The fourth-order valence-electron chi connectivity index (χ4n) is 2.87. The number of hydrogen-bond acceptors (Lipinski definition) is 5. The summed E-state index contributed by atoms with van der Waals surface area (Å²) in [5, 5.41) is 2.95. The van der Waals surface area contributed by atoms with Gasteiger partial charge in [-0.1, -0.05) is 6.07 Å². The molecule has 0 saturated carbocycles. The molecule has 25 heavy (non-hydrogen) atoms. The largest absolute Gasteiger partial charge is 0.495 e. The van der Waals surface area contributed by atoms with Crippen molar-refractivity contribution in [1.29, 1.82) is 0 Å². The van der Waals surface area contributed by atoms with Gasteiger partial charge in [-0.25, -0.2) is 14.8 Å². The van der Waals surface area contributed by atoms with Crippen LogP contribution < -0.4 is 15.0 Å². The van der Waals surface area contributed by atoms with E-state index < -0.39 is 0 Å². The Morgan fingerprint density at radius 2 is 1.88 bits per heavy atom. The first kappa shape index (κ1) is 17.0. The molecule has 0 unspecified atom stereocenters. The van der Waals surface area contributed by atoms with Gasteiger partial charge in [-0.15, -0.1) is 0 Å². The number of aryl methyl sites for hydroxylation is 2. The average molecular weight is 341 g/mol. The van der Waals surface area contributed by atoms with E-state index in [1.54, 1.807) is 13.4 Å². The van der Waals surface area contributed by atoms with Crippen LogP contribution in [0.1, 0.15) is 11.3 Å². The van der Waals surface area contributed by atoms with Gasteiger partial charge in [0.25, 0.3) is 0 Å². The van der Waals surface area contributed by atoms with Crippen LogP contribution in [0.5, 0.6) is 5.75 Å². The molecule has 0 bridgehead atoms. The second kappa shape index (κ2) is 7.38. The summed E-state index contributed by atoms with van der Waals surface area (Å²) in [6.07, 6.45) is 1.58. The summed E-state index contributed by atoms with van der Waals surface area (Å²) in [6, 6.07) is 7.59. The number of carbonyl (C=O) groups is 1. The monoisotopic (exact) mass is 341 g/mol. The molecule has 0 radical (unpaired) electrons. The third kappa shape index (κ3) is 3.99. The van der Waals surface area contributed by atoms with Crippen LogP contribution in [0, 0.1) is 13.8 Å². The molecule has 7 nitrogen and oxygen atoms in total. The topological polar surface area (TPSA) is 70.6 Å². The summed E-state index contributed by atoms with van der Waals surface area (Å²) < 4.78 is 5.32. The molecule has 3 rings (SSSR count). The van der Waals surface area contributed by atoms with Crippen molar-refractivity contribution in [3.8, 4) is 5.75 Å². The van der Waals surface area contributed by atoms with E-state index in [2.05, 4.69) is 20.2 Å². The van der Waals surface area contributed by atoms with Gasteiger partial charge in [0.2, 0.25) is 0 Å². The summed E-state index contributed by atoms with van der Waals surface area (Å²) in [5.74, 6) is 1.57. The summed E-state index contributed by atoms with van der Waals surface area (Å²) in [6.45, 7) is 6.71. The van der Waals surface area contributed by atoms with E-state index in [1.807, 2.05) is 43.0 Å². The number of urea groups is 1. The third-order valence-corrected chi connectivity index (χ3v) is 4.28. The highest BCUT2D eigenvalue weighted by Crippen LogP contribution is 2.25. The quantitative estimate of drug-likeness (QED) is 0.928. The number of ether oxygens (including phenoxy) is 1. The van der Waals surface area contributed by atoms with Crippen molar-refractivity contribution in [2.75, 3.05) is 43.5 Å². The molecule has 0 atom stereocenters. The average Bonchev–Trinajstić information content (AvgIpc) is 2.62. The number of carbonyl (C=O) groups excluding carboxylic acids is 1. The molecule has 2 amide bonds. The highest BCUT2D eigenvalue weighted by atomic mass is 16.5. The minimum Gasteiger partial charge on any atom is -0.495 e. The number of hydrogen-bond donors (Lipinski definition) is 1. The first-order chi connectivity index (χ1) is 12.1. The molecule has 1 aromatic heterocycles. The van der Waals surface area contributed by atoms with E-state index in [9.17, 15) is 4.79 Å². The molecule has 1 aliphatic rings. The van der Waals surface area contributed by atoms with Crippen LogP contribution >= 0.6 is 0 Å². The van der Waals surface area contributed by atoms with Crippen LogP contribution in [0.4, 0.5) is 16.3 Å². The highest BCUT2D eigenvalue weighted by Gasteiger charge is 2.22. The summed E-state index contributed by atoms with van der Waals surface area (Å²) in [7, 11) is 1.60. The number of benzene rings is 1. The van der Waals surface area contributed by atoms with E-state index in [-0.39, 0.29) is 6.03 Å². The fraction of sp³-hybridized carbons (Fsp3) is 0.389. The predicted molar refractivity (Wildman–Crippen MR) is 97.3 cm³/mol. The normalized spacial score (nSPS) is 14.4. The van der Waals surface area contributed by atoms with Crippen LogP contribution in [-0.4, -0.2) is 54.2 Å². The van der Waals surface area contributed by atoms with E-state index in [1.165, 1.54) is 0 Å². The van der Waals surface area contributed by atoms with E-state index in [0.29, 0.717) is 24.5 Å². The third-order valence-electron chi connectivity index (χ3n) is 4.28. The van der Waals surface area contributed by atoms with Crippen LogP contribution in [0.15, 0.2) is 30.6 Å². The Morgan fingerprint density at radius 3 is 2.56 bits per heavy atom. The Bertz CT molecular complexity index is 757. The minimum absolute atomic E-state index is 0.109. The number of piperazine rings is 1. The lowest BCUT2D eigenvalue weighted by Crippen LogP contribution is -2.50. The van der Waals surface area contributed by atoms with E-state index in [4.69, 9.17) is 4.74 Å². The zero-order valence-electron chi connectivity index (χ0n) is 14.8. The Kier molecular flexibility index (Phi) is 5.02. The predicted octanol–water partition coefficient (Wildman–Crippen LogP) is 2.46. The number of nitrogens with one attached hydrogen (secondary N) is 1. The van der Waals surface area contributed by atoms with Gasteiger partial charge in [0.1, 0.15) is 17.9 Å². The van der Waals surface area contributed by atoms with E-state index >= 15 is 0 Å². The number of methoxy groups -OCH3 is 1. The lowest BCUT2D eigenvalue weighted by atomic mass is 10.2. The van der Waals surface area contributed by atoms with Crippen molar-refractivity contribution in [3.63, 3.8) is 0 Å². The number of amides is 2. The molecular formula is C18H23N5O2. The number of aromatic nitrogens is 2. The SMILES string of the molecule is COc1ccc(C)cc1NC(=O)N1CCN(c2cc(C)ncn2)CC1. The maximum absolute atomic E-state index is 12.6. The van der Waals surface area contributed by atoms with Crippen molar-refractivity contribution in [3.05, 3.63) is 41.9 Å². The lowest BCUT2D eigenvalue weighted by molar-refractivity contribution is 0.208. The number of anilines is 2. The van der Waals surface area contributed by atoms with Gasteiger partial charge in [-0.2, -0.15) is 0 Å². The smallest absolute Gasteiger partial charge is 0.322 e. The zero-order chi connectivity index (χ0) is 17.8. The molecule has 0 aliphatic carbocycles. The molecule has 0 spiro atoms. The van der Waals surface area contributed by atoms with Gasteiger partial charge in [0.05, 0.1) is 12.8 Å². The van der Waals surface area contributed by atoms with E-state index in [0.717, 1.165) is 30.2 Å². The summed E-state index contributed by atoms with van der Waals surface area (Å²) >= 11 is 0. The van der Waals surface area contributed by atoms with Gasteiger partial charge in [-0.05, 0) is 31.5 Å². The molecule has 1 saturated heterocycles. The number of nitrogens with zero attached hydrogens (tertiary/aromatic N) is 4. The van der Waals surface area contributed by atoms with Crippen molar-refractivity contribution >= 4 is 17.5 Å². The first-order valence-electron chi connectivity index (χ1n) is 8.31. The lowest BCUT2D eigenvalue weighted by Gasteiger charge is -2.35. The van der Waals surface area contributed by atoms with Crippen LogP contribution in [0.25, 0.3) is 0 Å². The Hall–Kier alpha value is -2.83. The van der Waals surface area contributed by atoms with Gasteiger partial charge < -0.3 is 19.9 Å². The fourth-order valence-corrected chi connectivity index (χ4v) is 2.87. The Morgan fingerprint density at radius 1 is 1.12 bits per heavy atom. The molecule has 1 aromatic carbocycles. The van der Waals surface area contributed by atoms with Crippen molar-refractivity contribution in [1.82, 2.24) is 14.9 Å². The Labute approximate surface area is 147 Å². The number of rotatable bonds is 3. The molecular weight excluding hydrogens is 318 g/mol. The van der Waals surface area contributed by atoms with Gasteiger partial charge >= 0.3 is 6.03 Å². The first-order valence-corrected chi connectivity index (χ1v) is 8.31. The molecule has 1 fully saturated rings. The standard InChI is InChI=1S/C18H23N5O2/c1-13-4-5-16(25-3)15(10-13)21-18(24)23-8-6-22(7-9-23)17-11-14(2)19-12-20-17/h4-5,10-12H,6-9H2,1-3H3,(H,21,24). The van der Waals surface area contributed by atoms with Crippen LogP contribution in [-0.2, 0) is 0 Å². The van der Waals surface area contributed by atoms with Crippen molar-refractivity contribution in [2.24, 2.45) is 0 Å². The second-order valence-electron chi connectivity index (χ2n) is 6.13.